The number of pyridine rings is 1. The number of para-hydroxylation sites is 1. The van der Waals surface area contributed by atoms with Crippen molar-refractivity contribution in [1.82, 2.24) is 4.98 Å². The van der Waals surface area contributed by atoms with Gasteiger partial charge in [0.2, 0.25) is 5.88 Å². The molecule has 5 heteroatoms. The number of carbonyl (C=O) groups is 1. The summed E-state index contributed by atoms with van der Waals surface area (Å²) >= 11 is 0. The molecule has 0 spiro atoms. The summed E-state index contributed by atoms with van der Waals surface area (Å²) in [5, 5.41) is 0. The normalized spacial score (nSPS) is 16.5. The van der Waals surface area contributed by atoms with Crippen LogP contribution in [0.1, 0.15) is 43.6 Å². The summed E-state index contributed by atoms with van der Waals surface area (Å²) in [6, 6.07) is 11.7. The van der Waals surface area contributed by atoms with Gasteiger partial charge in [-0.15, -0.1) is 0 Å². The van der Waals surface area contributed by atoms with Gasteiger partial charge < -0.3 is 14.4 Å². The van der Waals surface area contributed by atoms with Crippen molar-refractivity contribution in [3.05, 3.63) is 53.7 Å². The van der Waals surface area contributed by atoms with Crippen molar-refractivity contribution in [2.75, 3.05) is 18.1 Å². The van der Waals surface area contributed by atoms with Crippen LogP contribution in [0, 0.1) is 0 Å². The standard InChI is InChI=1S/C21H26N2O3/c1-15-13-16-7-5-6-8-18(16)23(15)20(24)17-9-10-19(22-14-17)25-11-12-26-21(2,3)4/h5-10,14-15H,11-13H2,1-4H3. The Labute approximate surface area is 155 Å². The number of amides is 1. The smallest absolute Gasteiger partial charge is 0.260 e. The Morgan fingerprint density at radius 3 is 2.65 bits per heavy atom. The molecule has 0 N–H and O–H groups in total. The first-order valence-electron chi connectivity index (χ1n) is 8.99. The predicted octanol–water partition coefficient (Wildman–Crippen LogP) is 3.87. The highest BCUT2D eigenvalue weighted by atomic mass is 16.5. The van der Waals surface area contributed by atoms with E-state index in [1.54, 1.807) is 18.3 Å². The highest BCUT2D eigenvalue weighted by molar-refractivity contribution is 6.07. The van der Waals surface area contributed by atoms with Gasteiger partial charge in [0.25, 0.3) is 5.91 Å². The van der Waals surface area contributed by atoms with Crippen molar-refractivity contribution in [3.63, 3.8) is 0 Å². The summed E-state index contributed by atoms with van der Waals surface area (Å²) in [6.45, 7) is 9.00. The minimum atomic E-state index is -0.185. The largest absolute Gasteiger partial charge is 0.475 e. The molecular weight excluding hydrogens is 328 g/mol. The van der Waals surface area contributed by atoms with E-state index in [1.165, 1.54) is 5.56 Å². The van der Waals surface area contributed by atoms with E-state index < -0.39 is 0 Å². The number of benzene rings is 1. The monoisotopic (exact) mass is 354 g/mol. The molecule has 3 rings (SSSR count). The Kier molecular flexibility index (Phi) is 5.28. The Morgan fingerprint density at radius 2 is 1.96 bits per heavy atom. The fraction of sp³-hybridized carbons (Fsp3) is 0.429. The zero-order valence-corrected chi connectivity index (χ0v) is 15.9. The van der Waals surface area contributed by atoms with E-state index in [-0.39, 0.29) is 17.6 Å². The summed E-state index contributed by atoms with van der Waals surface area (Å²) in [7, 11) is 0. The summed E-state index contributed by atoms with van der Waals surface area (Å²) in [4.78, 5) is 19.0. The van der Waals surface area contributed by atoms with E-state index >= 15 is 0 Å². The number of ether oxygens (including phenoxy) is 2. The minimum absolute atomic E-state index is 0.0300. The highest BCUT2D eigenvalue weighted by Gasteiger charge is 2.31. The molecule has 0 aliphatic carbocycles. The number of aromatic nitrogens is 1. The van der Waals surface area contributed by atoms with Crippen LogP contribution >= 0.6 is 0 Å². The second-order valence-electron chi connectivity index (χ2n) is 7.55. The lowest BCUT2D eigenvalue weighted by Gasteiger charge is -2.22. The van der Waals surface area contributed by atoms with Gasteiger partial charge in [-0.3, -0.25) is 4.79 Å². The lowest BCUT2D eigenvalue weighted by atomic mass is 10.1. The molecule has 26 heavy (non-hydrogen) atoms. The molecule has 0 bridgehead atoms. The van der Waals surface area contributed by atoms with E-state index in [0.29, 0.717) is 24.7 Å². The fourth-order valence-electron chi connectivity index (χ4n) is 3.10. The number of rotatable bonds is 5. The van der Waals surface area contributed by atoms with Gasteiger partial charge in [0.1, 0.15) is 6.61 Å². The van der Waals surface area contributed by atoms with Crippen molar-refractivity contribution < 1.29 is 14.3 Å². The zero-order valence-electron chi connectivity index (χ0n) is 15.9. The number of hydrogen-bond acceptors (Lipinski definition) is 4. The van der Waals surface area contributed by atoms with Gasteiger partial charge in [0.15, 0.2) is 0 Å². The molecule has 0 saturated carbocycles. The van der Waals surface area contributed by atoms with Crippen molar-refractivity contribution in [2.45, 2.75) is 45.8 Å². The molecule has 0 saturated heterocycles. The van der Waals surface area contributed by atoms with Crippen molar-refractivity contribution in [1.29, 1.82) is 0 Å². The van der Waals surface area contributed by atoms with Crippen LogP contribution in [0.5, 0.6) is 5.88 Å². The first-order valence-corrected chi connectivity index (χ1v) is 8.99. The van der Waals surface area contributed by atoms with Crippen LogP contribution in [0.3, 0.4) is 0 Å². The molecule has 1 unspecified atom stereocenters. The second-order valence-corrected chi connectivity index (χ2v) is 7.55. The van der Waals surface area contributed by atoms with Crippen LogP contribution in [0.25, 0.3) is 0 Å². The first kappa shape index (κ1) is 18.4. The van der Waals surface area contributed by atoms with Gasteiger partial charge >= 0.3 is 0 Å². The maximum absolute atomic E-state index is 12.9. The van der Waals surface area contributed by atoms with Crippen LogP contribution < -0.4 is 9.64 Å². The maximum Gasteiger partial charge on any atom is 0.260 e. The number of hydrogen-bond donors (Lipinski definition) is 0. The van der Waals surface area contributed by atoms with Gasteiger partial charge in [0.05, 0.1) is 17.8 Å². The summed E-state index contributed by atoms with van der Waals surface area (Å²) in [6.07, 6.45) is 2.46. The Bertz CT molecular complexity index is 766. The van der Waals surface area contributed by atoms with E-state index in [0.717, 1.165) is 12.1 Å². The molecule has 1 atom stereocenters. The SMILES string of the molecule is CC1Cc2ccccc2N1C(=O)c1ccc(OCCOC(C)(C)C)nc1. The number of anilines is 1. The van der Waals surface area contributed by atoms with Crippen LogP contribution in [-0.2, 0) is 11.2 Å². The van der Waals surface area contributed by atoms with Crippen molar-refractivity contribution >= 4 is 11.6 Å². The number of nitrogens with zero attached hydrogens (tertiary/aromatic N) is 2. The molecular formula is C21H26N2O3. The summed E-state index contributed by atoms with van der Waals surface area (Å²) < 4.78 is 11.2. The molecule has 1 aliphatic rings. The van der Waals surface area contributed by atoms with E-state index in [2.05, 4.69) is 18.0 Å². The average molecular weight is 354 g/mol. The lowest BCUT2D eigenvalue weighted by Crippen LogP contribution is -2.35. The van der Waals surface area contributed by atoms with Crippen LogP contribution in [-0.4, -0.2) is 35.7 Å². The third kappa shape index (κ3) is 4.22. The van der Waals surface area contributed by atoms with Gasteiger partial charge in [-0.05, 0) is 51.8 Å². The molecule has 2 heterocycles. The highest BCUT2D eigenvalue weighted by Crippen LogP contribution is 2.33. The summed E-state index contributed by atoms with van der Waals surface area (Å²) in [5.41, 5.74) is 2.58. The van der Waals surface area contributed by atoms with Crippen LogP contribution in [0.15, 0.2) is 42.6 Å². The van der Waals surface area contributed by atoms with E-state index in [9.17, 15) is 4.79 Å². The van der Waals surface area contributed by atoms with E-state index in [4.69, 9.17) is 9.47 Å². The fourth-order valence-corrected chi connectivity index (χ4v) is 3.10. The molecule has 5 nitrogen and oxygen atoms in total. The molecule has 1 aromatic carbocycles. The van der Waals surface area contributed by atoms with Crippen molar-refractivity contribution in [2.24, 2.45) is 0 Å². The average Bonchev–Trinajstić information content (AvgIpc) is 2.93. The molecule has 1 amide bonds. The topological polar surface area (TPSA) is 51.7 Å². The predicted molar refractivity (Wildman–Crippen MR) is 102 cm³/mol. The minimum Gasteiger partial charge on any atom is -0.475 e. The second kappa shape index (κ2) is 7.46. The molecule has 1 aromatic heterocycles. The van der Waals surface area contributed by atoms with Crippen LogP contribution in [0.4, 0.5) is 5.69 Å². The van der Waals surface area contributed by atoms with Gasteiger partial charge in [-0.2, -0.15) is 0 Å². The zero-order chi connectivity index (χ0) is 18.7. The molecule has 0 fully saturated rings. The van der Waals surface area contributed by atoms with Crippen molar-refractivity contribution in [3.8, 4) is 5.88 Å². The van der Waals surface area contributed by atoms with E-state index in [1.807, 2.05) is 43.9 Å². The Balaban J connectivity index is 1.63. The summed E-state index contributed by atoms with van der Waals surface area (Å²) in [5.74, 6) is 0.464. The Hall–Kier alpha value is -2.40. The number of fused-ring (bicyclic) bond motifs is 1. The quantitative estimate of drug-likeness (QED) is 0.765. The maximum atomic E-state index is 12.9. The third-order valence-electron chi connectivity index (χ3n) is 4.28. The van der Waals surface area contributed by atoms with Crippen LogP contribution in [0.2, 0.25) is 0 Å². The third-order valence-corrected chi connectivity index (χ3v) is 4.28. The molecule has 138 valence electrons. The molecule has 0 radical (unpaired) electrons. The number of carbonyl (C=O) groups excluding carboxylic acids is 1. The molecule has 1 aliphatic heterocycles. The van der Waals surface area contributed by atoms with Gasteiger partial charge in [-0.1, -0.05) is 18.2 Å². The lowest BCUT2D eigenvalue weighted by molar-refractivity contribution is -0.0168. The molecule has 2 aromatic rings. The first-order chi connectivity index (χ1) is 12.3. The van der Waals surface area contributed by atoms with Gasteiger partial charge in [0, 0.05) is 24.0 Å². The van der Waals surface area contributed by atoms with Gasteiger partial charge in [-0.25, -0.2) is 4.98 Å². The Morgan fingerprint density at radius 1 is 1.19 bits per heavy atom.